The molecule has 3 rings (SSSR count). The van der Waals surface area contributed by atoms with Crippen molar-refractivity contribution in [2.75, 3.05) is 38.1 Å². The van der Waals surface area contributed by atoms with Crippen molar-refractivity contribution < 1.29 is 0 Å². The Morgan fingerprint density at radius 2 is 1.81 bits per heavy atom. The Kier molecular flexibility index (Phi) is 4.78. The number of halogens is 1. The molecule has 3 nitrogen and oxygen atoms in total. The zero-order chi connectivity index (χ0) is 14.7. The first-order valence-corrected chi connectivity index (χ1v) is 8.59. The largest absolute Gasteiger partial charge is 0.346 e. The van der Waals surface area contributed by atoms with E-state index in [4.69, 9.17) is 16.6 Å². The Morgan fingerprint density at radius 1 is 1.10 bits per heavy atom. The van der Waals surface area contributed by atoms with E-state index < -0.39 is 0 Å². The molecule has 112 valence electrons. The first-order valence-electron chi connectivity index (χ1n) is 7.33. The lowest BCUT2D eigenvalue weighted by atomic mass is 10.1. The maximum atomic E-state index is 5.91. The third-order valence-corrected chi connectivity index (χ3v) is 5.10. The second-order valence-corrected chi connectivity index (χ2v) is 6.81. The van der Waals surface area contributed by atoms with Gasteiger partial charge in [-0.15, -0.1) is 11.3 Å². The van der Waals surface area contributed by atoms with Crippen LogP contribution < -0.4 is 4.90 Å². The average molecular weight is 322 g/mol. The van der Waals surface area contributed by atoms with Crippen LogP contribution in [0.4, 0.5) is 5.13 Å². The van der Waals surface area contributed by atoms with E-state index in [1.807, 2.05) is 12.1 Å². The molecule has 1 fully saturated rings. The van der Waals surface area contributed by atoms with Crippen molar-refractivity contribution in [2.24, 2.45) is 0 Å². The van der Waals surface area contributed by atoms with Gasteiger partial charge in [0.2, 0.25) is 0 Å². The van der Waals surface area contributed by atoms with Crippen LogP contribution in [0.1, 0.15) is 11.3 Å². The van der Waals surface area contributed by atoms with Crippen LogP contribution in [-0.2, 0) is 12.8 Å². The number of piperazine rings is 1. The molecule has 0 amide bonds. The summed E-state index contributed by atoms with van der Waals surface area (Å²) in [6.45, 7) is 4.42. The van der Waals surface area contributed by atoms with Crippen LogP contribution in [0.3, 0.4) is 0 Å². The van der Waals surface area contributed by atoms with Crippen molar-refractivity contribution in [3.63, 3.8) is 0 Å². The van der Waals surface area contributed by atoms with Crippen LogP contribution in [0.15, 0.2) is 29.6 Å². The molecule has 1 aromatic heterocycles. The molecule has 0 unspecified atom stereocenters. The maximum Gasteiger partial charge on any atom is 0.185 e. The molecule has 0 spiro atoms. The van der Waals surface area contributed by atoms with Crippen molar-refractivity contribution in [1.82, 2.24) is 9.88 Å². The summed E-state index contributed by atoms with van der Waals surface area (Å²) in [6.07, 6.45) is 2.01. The highest BCUT2D eigenvalue weighted by molar-refractivity contribution is 7.13. The first-order chi connectivity index (χ1) is 10.2. The molecule has 0 N–H and O–H groups in total. The Bertz CT molecular complexity index is 573. The molecule has 1 saturated heterocycles. The van der Waals surface area contributed by atoms with Gasteiger partial charge in [-0.3, -0.25) is 0 Å². The zero-order valence-electron chi connectivity index (χ0n) is 12.3. The summed E-state index contributed by atoms with van der Waals surface area (Å²) >= 11 is 7.68. The zero-order valence-corrected chi connectivity index (χ0v) is 13.8. The summed E-state index contributed by atoms with van der Waals surface area (Å²) in [4.78, 5) is 9.56. The molecule has 2 aromatic rings. The van der Waals surface area contributed by atoms with Gasteiger partial charge >= 0.3 is 0 Å². The molecule has 5 heteroatoms. The standard InChI is InChI=1S/C16H20ClN3S/c1-19-8-10-20(11-9-19)16-18-15(12-21-16)7-4-13-2-5-14(17)6-3-13/h2-3,5-6,12H,4,7-11H2,1H3. The van der Waals surface area contributed by atoms with Gasteiger partial charge in [-0.2, -0.15) is 0 Å². The Balaban J connectivity index is 1.56. The number of hydrogen-bond acceptors (Lipinski definition) is 4. The summed E-state index contributed by atoms with van der Waals surface area (Å²) < 4.78 is 0. The van der Waals surface area contributed by atoms with Crippen molar-refractivity contribution in [2.45, 2.75) is 12.8 Å². The molecule has 1 aromatic carbocycles. The van der Waals surface area contributed by atoms with Crippen LogP contribution in [0.25, 0.3) is 0 Å². The number of anilines is 1. The molecule has 0 atom stereocenters. The highest BCUT2D eigenvalue weighted by Crippen LogP contribution is 2.22. The number of likely N-dealkylation sites (N-methyl/N-ethyl adjacent to an activating group) is 1. The van der Waals surface area contributed by atoms with Crippen LogP contribution in [-0.4, -0.2) is 43.1 Å². The molecule has 21 heavy (non-hydrogen) atoms. The second kappa shape index (κ2) is 6.77. The topological polar surface area (TPSA) is 19.4 Å². The van der Waals surface area contributed by atoms with E-state index >= 15 is 0 Å². The lowest BCUT2D eigenvalue weighted by Gasteiger charge is -2.32. The Morgan fingerprint density at radius 3 is 2.52 bits per heavy atom. The third kappa shape index (κ3) is 3.96. The van der Waals surface area contributed by atoms with Gasteiger partial charge in [0.1, 0.15) is 0 Å². The molecular formula is C16H20ClN3S. The number of thiazole rings is 1. The van der Waals surface area contributed by atoms with E-state index in [2.05, 4.69) is 34.4 Å². The number of rotatable bonds is 4. The average Bonchev–Trinajstić information content (AvgIpc) is 2.96. The van der Waals surface area contributed by atoms with E-state index in [0.717, 1.165) is 44.0 Å². The van der Waals surface area contributed by atoms with Crippen LogP contribution in [0.5, 0.6) is 0 Å². The minimum absolute atomic E-state index is 0.796. The van der Waals surface area contributed by atoms with Crippen LogP contribution >= 0.6 is 22.9 Å². The monoisotopic (exact) mass is 321 g/mol. The molecule has 0 bridgehead atoms. The SMILES string of the molecule is CN1CCN(c2nc(CCc3ccc(Cl)cc3)cs2)CC1. The number of aryl methyl sites for hydroxylation is 2. The molecular weight excluding hydrogens is 302 g/mol. The fraction of sp³-hybridized carbons (Fsp3) is 0.438. The summed E-state index contributed by atoms with van der Waals surface area (Å²) in [5.74, 6) is 0. The maximum absolute atomic E-state index is 5.91. The fourth-order valence-corrected chi connectivity index (χ4v) is 3.52. The van der Waals surface area contributed by atoms with E-state index in [1.165, 1.54) is 16.4 Å². The van der Waals surface area contributed by atoms with E-state index in [0.29, 0.717) is 0 Å². The molecule has 2 heterocycles. The van der Waals surface area contributed by atoms with Crippen molar-refractivity contribution >= 4 is 28.1 Å². The quantitative estimate of drug-likeness (QED) is 0.861. The van der Waals surface area contributed by atoms with Gasteiger partial charge in [0.15, 0.2) is 5.13 Å². The van der Waals surface area contributed by atoms with Crippen molar-refractivity contribution in [3.8, 4) is 0 Å². The van der Waals surface area contributed by atoms with Gasteiger partial charge in [0.25, 0.3) is 0 Å². The predicted molar refractivity (Wildman–Crippen MR) is 90.7 cm³/mol. The minimum atomic E-state index is 0.796. The predicted octanol–water partition coefficient (Wildman–Crippen LogP) is 3.33. The minimum Gasteiger partial charge on any atom is -0.346 e. The van der Waals surface area contributed by atoms with Gasteiger partial charge < -0.3 is 9.80 Å². The molecule has 0 aliphatic carbocycles. The lowest BCUT2D eigenvalue weighted by molar-refractivity contribution is 0.312. The van der Waals surface area contributed by atoms with Gasteiger partial charge in [-0.25, -0.2) is 4.98 Å². The van der Waals surface area contributed by atoms with Gasteiger partial charge in [-0.1, -0.05) is 23.7 Å². The van der Waals surface area contributed by atoms with Crippen LogP contribution in [0.2, 0.25) is 5.02 Å². The molecule has 1 aliphatic heterocycles. The second-order valence-electron chi connectivity index (χ2n) is 5.54. The van der Waals surface area contributed by atoms with E-state index in [1.54, 1.807) is 11.3 Å². The third-order valence-electron chi connectivity index (χ3n) is 3.90. The first kappa shape index (κ1) is 14.8. The molecule has 0 radical (unpaired) electrons. The Hall–Kier alpha value is -1.10. The summed E-state index contributed by atoms with van der Waals surface area (Å²) in [5.41, 5.74) is 2.51. The Labute approximate surface area is 135 Å². The van der Waals surface area contributed by atoms with Crippen molar-refractivity contribution in [1.29, 1.82) is 0 Å². The molecule has 1 aliphatic rings. The number of hydrogen-bond donors (Lipinski definition) is 0. The van der Waals surface area contributed by atoms with E-state index in [9.17, 15) is 0 Å². The number of aromatic nitrogens is 1. The summed E-state index contributed by atoms with van der Waals surface area (Å²) in [6, 6.07) is 8.09. The van der Waals surface area contributed by atoms with Gasteiger partial charge in [0.05, 0.1) is 5.69 Å². The normalized spacial score (nSPS) is 16.4. The van der Waals surface area contributed by atoms with Gasteiger partial charge in [-0.05, 0) is 37.6 Å². The lowest BCUT2D eigenvalue weighted by Crippen LogP contribution is -2.44. The summed E-state index contributed by atoms with van der Waals surface area (Å²) in [7, 11) is 2.18. The molecule has 0 saturated carbocycles. The van der Waals surface area contributed by atoms with Gasteiger partial charge in [0, 0.05) is 36.6 Å². The summed E-state index contributed by atoms with van der Waals surface area (Å²) in [5, 5.41) is 4.17. The number of nitrogens with zero attached hydrogens (tertiary/aromatic N) is 3. The number of benzene rings is 1. The highest BCUT2D eigenvalue weighted by atomic mass is 35.5. The fourth-order valence-electron chi connectivity index (χ4n) is 2.48. The highest BCUT2D eigenvalue weighted by Gasteiger charge is 2.16. The smallest absolute Gasteiger partial charge is 0.185 e. The van der Waals surface area contributed by atoms with Crippen molar-refractivity contribution in [3.05, 3.63) is 45.9 Å². The van der Waals surface area contributed by atoms with Crippen LogP contribution in [0, 0.1) is 0 Å². The van der Waals surface area contributed by atoms with E-state index in [-0.39, 0.29) is 0 Å².